The van der Waals surface area contributed by atoms with Gasteiger partial charge in [-0.1, -0.05) is 6.07 Å². The highest BCUT2D eigenvalue weighted by Crippen LogP contribution is 2.09. The highest BCUT2D eigenvalue weighted by atomic mass is 32.1. The van der Waals surface area contributed by atoms with Gasteiger partial charge in [0, 0.05) is 50.7 Å². The summed E-state index contributed by atoms with van der Waals surface area (Å²) in [5, 5.41) is 5.62. The number of hydrogen-bond donors (Lipinski definition) is 1. The van der Waals surface area contributed by atoms with Crippen molar-refractivity contribution >= 4 is 17.3 Å². The molecule has 132 valence electrons. The summed E-state index contributed by atoms with van der Waals surface area (Å²) in [5.41, 5.74) is 0. The molecule has 0 radical (unpaired) electrons. The summed E-state index contributed by atoms with van der Waals surface area (Å²) in [5.74, 6) is 0.988. The lowest BCUT2D eigenvalue weighted by molar-refractivity contribution is 0.173. The minimum atomic E-state index is 0.600. The van der Waals surface area contributed by atoms with E-state index in [2.05, 4.69) is 72.4 Å². The number of likely N-dealkylation sites (N-methyl/N-ethyl adjacent to an activating group) is 1. The molecule has 0 aliphatic heterocycles. The molecule has 1 rings (SSSR count). The van der Waals surface area contributed by atoms with E-state index >= 15 is 0 Å². The van der Waals surface area contributed by atoms with Crippen LogP contribution in [-0.2, 0) is 6.42 Å². The normalized spacial score (nSPS) is 12.5. The number of rotatable bonds is 9. The van der Waals surface area contributed by atoms with Crippen LogP contribution < -0.4 is 5.32 Å². The summed E-state index contributed by atoms with van der Waals surface area (Å²) < 4.78 is 0. The number of guanidine groups is 1. The predicted molar refractivity (Wildman–Crippen MR) is 104 cm³/mol. The Labute approximate surface area is 146 Å². The van der Waals surface area contributed by atoms with Crippen molar-refractivity contribution in [2.45, 2.75) is 52.6 Å². The number of nitrogens with zero attached hydrogens (tertiary/aromatic N) is 3. The predicted octanol–water partition coefficient (Wildman–Crippen LogP) is 3.31. The van der Waals surface area contributed by atoms with Crippen LogP contribution in [0.2, 0.25) is 0 Å². The van der Waals surface area contributed by atoms with Crippen LogP contribution in [0.25, 0.3) is 0 Å². The maximum Gasteiger partial charge on any atom is 0.193 e. The molecule has 0 aliphatic carbocycles. The average molecular weight is 339 g/mol. The fourth-order valence-electron chi connectivity index (χ4n) is 2.80. The summed E-state index contributed by atoms with van der Waals surface area (Å²) in [6.45, 7) is 12.2. The molecule has 5 heteroatoms. The van der Waals surface area contributed by atoms with E-state index in [0.29, 0.717) is 12.1 Å². The zero-order valence-corrected chi connectivity index (χ0v) is 16.5. The molecule has 0 amide bonds. The van der Waals surface area contributed by atoms with Crippen LogP contribution in [0.3, 0.4) is 0 Å². The van der Waals surface area contributed by atoms with Gasteiger partial charge in [-0.25, -0.2) is 0 Å². The van der Waals surface area contributed by atoms with Crippen molar-refractivity contribution in [2.24, 2.45) is 4.99 Å². The Morgan fingerprint density at radius 1 is 1.22 bits per heavy atom. The van der Waals surface area contributed by atoms with Gasteiger partial charge in [0.1, 0.15) is 0 Å². The maximum atomic E-state index is 4.40. The standard InChI is InChI=1S/C18H34N4S/c1-15(2)22(16(3)4)12-8-11-20-18(19-5)21(6)13-10-17-9-7-14-23-17/h7,9,14-16H,8,10-13H2,1-6H3,(H,19,20). The van der Waals surface area contributed by atoms with Gasteiger partial charge in [-0.15, -0.1) is 11.3 Å². The Morgan fingerprint density at radius 3 is 2.43 bits per heavy atom. The second kappa shape index (κ2) is 10.7. The van der Waals surface area contributed by atoms with E-state index in [1.165, 1.54) is 4.88 Å². The summed E-state index contributed by atoms with van der Waals surface area (Å²) >= 11 is 1.82. The molecule has 0 fully saturated rings. The Bertz CT molecular complexity index is 432. The smallest absolute Gasteiger partial charge is 0.193 e. The lowest BCUT2D eigenvalue weighted by Gasteiger charge is -2.30. The van der Waals surface area contributed by atoms with Gasteiger partial charge in [-0.2, -0.15) is 0 Å². The van der Waals surface area contributed by atoms with Crippen LogP contribution >= 0.6 is 11.3 Å². The molecule has 0 aliphatic rings. The van der Waals surface area contributed by atoms with Gasteiger partial charge in [0.05, 0.1) is 0 Å². The van der Waals surface area contributed by atoms with Gasteiger partial charge in [-0.05, 0) is 52.0 Å². The number of thiophene rings is 1. The van der Waals surface area contributed by atoms with Crippen LogP contribution in [0.1, 0.15) is 39.0 Å². The first-order valence-corrected chi connectivity index (χ1v) is 9.53. The third-order valence-corrected chi connectivity index (χ3v) is 4.99. The minimum Gasteiger partial charge on any atom is -0.356 e. The Balaban J connectivity index is 2.30. The van der Waals surface area contributed by atoms with Gasteiger partial charge in [0.15, 0.2) is 5.96 Å². The molecule has 0 spiro atoms. The van der Waals surface area contributed by atoms with Crippen LogP contribution in [0.4, 0.5) is 0 Å². The molecule has 23 heavy (non-hydrogen) atoms. The van der Waals surface area contributed by atoms with Gasteiger partial charge in [0.2, 0.25) is 0 Å². The average Bonchev–Trinajstić information content (AvgIpc) is 3.01. The molecule has 0 atom stereocenters. The molecule has 0 aromatic carbocycles. The summed E-state index contributed by atoms with van der Waals surface area (Å²) in [4.78, 5) is 10.6. The largest absolute Gasteiger partial charge is 0.356 e. The first kappa shape index (κ1) is 20.0. The van der Waals surface area contributed by atoms with Gasteiger partial charge in [0.25, 0.3) is 0 Å². The molecule has 1 aromatic rings. The highest BCUT2D eigenvalue weighted by Gasteiger charge is 2.12. The molecular weight excluding hydrogens is 304 g/mol. The first-order valence-electron chi connectivity index (χ1n) is 8.65. The van der Waals surface area contributed by atoms with Crippen molar-refractivity contribution in [1.29, 1.82) is 0 Å². The molecule has 1 N–H and O–H groups in total. The minimum absolute atomic E-state index is 0.600. The molecule has 0 bridgehead atoms. The van der Waals surface area contributed by atoms with Crippen molar-refractivity contribution < 1.29 is 0 Å². The second-order valence-corrected chi connectivity index (χ2v) is 7.54. The van der Waals surface area contributed by atoms with Gasteiger partial charge < -0.3 is 10.2 Å². The molecule has 0 unspecified atom stereocenters. The maximum absolute atomic E-state index is 4.40. The lowest BCUT2D eigenvalue weighted by Crippen LogP contribution is -2.42. The molecule has 0 saturated heterocycles. The third-order valence-electron chi connectivity index (χ3n) is 4.05. The first-order chi connectivity index (χ1) is 11.0. The molecular formula is C18H34N4S. The number of nitrogens with one attached hydrogen (secondary N) is 1. The van der Waals surface area contributed by atoms with E-state index < -0.39 is 0 Å². The number of hydrogen-bond acceptors (Lipinski definition) is 3. The number of aliphatic imine (C=N–C) groups is 1. The van der Waals surface area contributed by atoms with Gasteiger partial charge in [-0.3, -0.25) is 9.89 Å². The van der Waals surface area contributed by atoms with Crippen molar-refractivity contribution in [3.8, 4) is 0 Å². The van der Waals surface area contributed by atoms with Crippen LogP contribution in [0.5, 0.6) is 0 Å². The Kier molecular flexibility index (Phi) is 9.26. The zero-order chi connectivity index (χ0) is 17.2. The van der Waals surface area contributed by atoms with Crippen LogP contribution in [-0.4, -0.2) is 61.6 Å². The summed E-state index contributed by atoms with van der Waals surface area (Å²) in [6, 6.07) is 5.51. The summed E-state index contributed by atoms with van der Waals surface area (Å²) in [6.07, 6.45) is 2.21. The van der Waals surface area contributed by atoms with E-state index in [1.54, 1.807) is 0 Å². The van der Waals surface area contributed by atoms with E-state index in [0.717, 1.165) is 38.4 Å². The fourth-order valence-corrected chi connectivity index (χ4v) is 3.50. The zero-order valence-electron chi connectivity index (χ0n) is 15.7. The SMILES string of the molecule is CN=C(NCCCN(C(C)C)C(C)C)N(C)CCc1cccs1. The fraction of sp³-hybridized carbons (Fsp3) is 0.722. The van der Waals surface area contributed by atoms with Crippen molar-refractivity contribution in [1.82, 2.24) is 15.1 Å². The Hall–Kier alpha value is -1.07. The topological polar surface area (TPSA) is 30.9 Å². The van der Waals surface area contributed by atoms with Crippen LogP contribution in [0.15, 0.2) is 22.5 Å². The summed E-state index contributed by atoms with van der Waals surface area (Å²) in [7, 11) is 3.97. The van der Waals surface area contributed by atoms with E-state index in [-0.39, 0.29) is 0 Å². The monoisotopic (exact) mass is 338 g/mol. The third kappa shape index (κ3) is 7.36. The van der Waals surface area contributed by atoms with Crippen molar-refractivity contribution in [3.05, 3.63) is 22.4 Å². The van der Waals surface area contributed by atoms with Crippen LogP contribution in [0, 0.1) is 0 Å². The van der Waals surface area contributed by atoms with E-state index in [4.69, 9.17) is 0 Å². The molecule has 4 nitrogen and oxygen atoms in total. The van der Waals surface area contributed by atoms with Crippen molar-refractivity contribution in [3.63, 3.8) is 0 Å². The van der Waals surface area contributed by atoms with Gasteiger partial charge >= 0.3 is 0 Å². The van der Waals surface area contributed by atoms with E-state index in [9.17, 15) is 0 Å². The van der Waals surface area contributed by atoms with E-state index in [1.807, 2.05) is 18.4 Å². The molecule has 1 aromatic heterocycles. The Morgan fingerprint density at radius 2 is 1.91 bits per heavy atom. The quantitative estimate of drug-likeness (QED) is 0.426. The molecule has 1 heterocycles. The lowest BCUT2D eigenvalue weighted by atomic mass is 10.2. The second-order valence-electron chi connectivity index (χ2n) is 6.50. The highest BCUT2D eigenvalue weighted by molar-refractivity contribution is 7.09. The van der Waals surface area contributed by atoms with Crippen molar-refractivity contribution in [2.75, 3.05) is 33.7 Å². The molecule has 0 saturated carbocycles.